The Hall–Kier alpha value is 0.0603. The molecule has 57 valence electrons. The quantitative estimate of drug-likeness (QED) is 0.496. The van der Waals surface area contributed by atoms with Gasteiger partial charge in [-0.25, -0.2) is 0 Å². The molecule has 3 heteroatoms. The van der Waals surface area contributed by atoms with Gasteiger partial charge in [-0.3, -0.25) is 0 Å². The van der Waals surface area contributed by atoms with Gasteiger partial charge in [0.05, 0.1) is 12.0 Å². The van der Waals surface area contributed by atoms with Crippen molar-refractivity contribution in [3.8, 4) is 12.0 Å². The molecule has 0 bridgehead atoms. The molecule has 0 amide bonds. The monoisotopic (exact) mass is 221 g/mol. The normalized spacial score (nSPS) is 8.78. The third kappa shape index (κ3) is 5.94. The minimum absolute atomic E-state index is 0. The van der Waals surface area contributed by atoms with Crippen LogP contribution in [0.15, 0.2) is 0 Å². The first kappa shape index (κ1) is 11.8. The standard InChI is InChI=1S/C6H10O2.Ag/c1-6(2,5-8)3-4-7;/h7-8H,5H2,1-2H3;. The molecular formula is C6H10AgO2. The molecule has 0 aliphatic heterocycles. The molecule has 2 N–H and O–H groups in total. The van der Waals surface area contributed by atoms with E-state index in [1.54, 1.807) is 20.0 Å². The fourth-order valence-corrected chi connectivity index (χ4v) is 0.191. The molecule has 0 fully saturated rings. The molecule has 1 radical (unpaired) electrons. The van der Waals surface area contributed by atoms with Gasteiger partial charge in [0, 0.05) is 22.4 Å². The second kappa shape index (κ2) is 4.89. The van der Waals surface area contributed by atoms with Crippen molar-refractivity contribution < 1.29 is 32.6 Å². The van der Waals surface area contributed by atoms with Gasteiger partial charge in [-0.1, -0.05) is 5.92 Å². The second-order valence-electron chi connectivity index (χ2n) is 2.28. The molecule has 0 unspecified atom stereocenters. The van der Waals surface area contributed by atoms with Crippen LogP contribution in [-0.2, 0) is 22.4 Å². The zero-order valence-corrected chi connectivity index (χ0v) is 6.89. The zero-order valence-electron chi connectivity index (χ0n) is 5.40. The van der Waals surface area contributed by atoms with Crippen molar-refractivity contribution >= 4 is 0 Å². The molecule has 0 aromatic carbocycles. The number of hydrogen-bond acceptors (Lipinski definition) is 2. The SMILES string of the molecule is CC(C)(C#CO)CO.[Ag]. The van der Waals surface area contributed by atoms with Crippen LogP contribution in [0.1, 0.15) is 13.8 Å². The van der Waals surface area contributed by atoms with Gasteiger partial charge in [-0.05, 0) is 13.8 Å². The third-order valence-corrected chi connectivity index (χ3v) is 0.790. The molecule has 0 saturated carbocycles. The minimum atomic E-state index is -0.464. The topological polar surface area (TPSA) is 40.5 Å². The average Bonchev–Trinajstić information content (AvgIpc) is 1.67. The summed E-state index contributed by atoms with van der Waals surface area (Å²) in [6, 6.07) is 0. The van der Waals surface area contributed by atoms with Crippen molar-refractivity contribution in [2.75, 3.05) is 6.61 Å². The maximum absolute atomic E-state index is 8.51. The summed E-state index contributed by atoms with van der Waals surface area (Å²) in [5, 5.41) is 16.6. The van der Waals surface area contributed by atoms with Crippen molar-refractivity contribution in [1.82, 2.24) is 0 Å². The van der Waals surface area contributed by atoms with Gasteiger partial charge in [0.1, 0.15) is 6.11 Å². The van der Waals surface area contributed by atoms with Crippen LogP contribution in [0, 0.1) is 17.4 Å². The first-order chi connectivity index (χ1) is 3.62. The van der Waals surface area contributed by atoms with E-state index < -0.39 is 5.41 Å². The average molecular weight is 222 g/mol. The molecule has 0 saturated heterocycles. The number of aliphatic hydroxyl groups is 2. The van der Waals surface area contributed by atoms with Gasteiger partial charge in [0.25, 0.3) is 0 Å². The van der Waals surface area contributed by atoms with Crippen LogP contribution < -0.4 is 0 Å². The van der Waals surface area contributed by atoms with Crippen molar-refractivity contribution in [3.63, 3.8) is 0 Å². The van der Waals surface area contributed by atoms with Crippen LogP contribution in [0.4, 0.5) is 0 Å². The summed E-state index contributed by atoms with van der Waals surface area (Å²) in [5.74, 6) is 2.43. The first-order valence-corrected chi connectivity index (χ1v) is 2.39. The maximum atomic E-state index is 8.51. The predicted octanol–water partition coefficient (Wildman–Crippen LogP) is 0.336. The van der Waals surface area contributed by atoms with Gasteiger partial charge in [-0.15, -0.1) is 0 Å². The molecule has 0 spiro atoms. The van der Waals surface area contributed by atoms with Crippen molar-refractivity contribution in [1.29, 1.82) is 0 Å². The van der Waals surface area contributed by atoms with E-state index in [4.69, 9.17) is 10.2 Å². The maximum Gasteiger partial charge on any atom is 0.108 e. The van der Waals surface area contributed by atoms with Crippen LogP contribution >= 0.6 is 0 Å². The van der Waals surface area contributed by atoms with Crippen LogP contribution in [0.3, 0.4) is 0 Å². The minimum Gasteiger partial charge on any atom is -0.462 e. The third-order valence-electron chi connectivity index (χ3n) is 0.790. The molecule has 0 aromatic heterocycles. The Bertz CT molecular complexity index is 121. The first-order valence-electron chi connectivity index (χ1n) is 2.39. The van der Waals surface area contributed by atoms with Crippen molar-refractivity contribution in [3.05, 3.63) is 0 Å². The van der Waals surface area contributed by atoms with Crippen molar-refractivity contribution in [2.45, 2.75) is 13.8 Å². The summed E-state index contributed by atoms with van der Waals surface area (Å²) >= 11 is 0. The summed E-state index contributed by atoms with van der Waals surface area (Å²) in [5.41, 5.74) is -0.464. The van der Waals surface area contributed by atoms with Crippen molar-refractivity contribution in [2.24, 2.45) is 5.41 Å². The fourth-order valence-electron chi connectivity index (χ4n) is 0.191. The van der Waals surface area contributed by atoms with Gasteiger partial charge < -0.3 is 10.2 Å². The molecule has 0 aliphatic carbocycles. The van der Waals surface area contributed by atoms with Gasteiger partial charge in [0.15, 0.2) is 0 Å². The summed E-state index contributed by atoms with van der Waals surface area (Å²) < 4.78 is 0. The fraction of sp³-hybridized carbons (Fsp3) is 0.667. The summed E-state index contributed by atoms with van der Waals surface area (Å²) in [6.07, 6.45) is 1.75. The molecule has 0 heterocycles. The Morgan fingerprint density at radius 1 is 1.44 bits per heavy atom. The van der Waals surface area contributed by atoms with E-state index in [-0.39, 0.29) is 29.0 Å². The van der Waals surface area contributed by atoms with Crippen LogP contribution in [-0.4, -0.2) is 16.8 Å². The van der Waals surface area contributed by atoms with Gasteiger partial charge in [-0.2, -0.15) is 0 Å². The predicted molar refractivity (Wildman–Crippen MR) is 30.6 cm³/mol. The molecule has 0 aromatic rings. The van der Waals surface area contributed by atoms with E-state index in [1.807, 2.05) is 0 Å². The number of rotatable bonds is 1. The summed E-state index contributed by atoms with van der Waals surface area (Å²) in [7, 11) is 0. The van der Waals surface area contributed by atoms with Crippen LogP contribution in [0.25, 0.3) is 0 Å². The van der Waals surface area contributed by atoms with E-state index in [0.29, 0.717) is 0 Å². The molecular weight excluding hydrogens is 212 g/mol. The molecule has 9 heavy (non-hydrogen) atoms. The van der Waals surface area contributed by atoms with E-state index in [9.17, 15) is 0 Å². The van der Waals surface area contributed by atoms with E-state index in [0.717, 1.165) is 0 Å². The smallest absolute Gasteiger partial charge is 0.108 e. The zero-order chi connectivity index (χ0) is 6.62. The van der Waals surface area contributed by atoms with Crippen LogP contribution in [0.5, 0.6) is 0 Å². The number of hydrogen-bond donors (Lipinski definition) is 2. The molecule has 0 rings (SSSR count). The Labute approximate surface area is 70.8 Å². The molecule has 0 aliphatic rings. The Morgan fingerprint density at radius 2 is 1.89 bits per heavy atom. The molecule has 2 nitrogen and oxygen atoms in total. The Balaban J connectivity index is 0. The Kier molecular flexibility index (Phi) is 6.42. The molecule has 0 atom stereocenters. The van der Waals surface area contributed by atoms with E-state index >= 15 is 0 Å². The summed E-state index contributed by atoms with van der Waals surface area (Å²) in [6.45, 7) is 3.47. The van der Waals surface area contributed by atoms with Gasteiger partial charge in [0.2, 0.25) is 0 Å². The van der Waals surface area contributed by atoms with Crippen LogP contribution in [0.2, 0.25) is 0 Å². The van der Waals surface area contributed by atoms with E-state index in [1.165, 1.54) is 0 Å². The number of aliphatic hydroxyl groups excluding tert-OH is 2. The second-order valence-corrected chi connectivity index (χ2v) is 2.28. The van der Waals surface area contributed by atoms with E-state index in [2.05, 4.69) is 5.92 Å². The summed E-state index contributed by atoms with van der Waals surface area (Å²) in [4.78, 5) is 0. The largest absolute Gasteiger partial charge is 0.462 e. The Morgan fingerprint density at radius 3 is 2.00 bits per heavy atom. The van der Waals surface area contributed by atoms with Gasteiger partial charge >= 0.3 is 0 Å².